The van der Waals surface area contributed by atoms with Gasteiger partial charge in [-0.3, -0.25) is 0 Å². The predicted molar refractivity (Wildman–Crippen MR) is 83.3 cm³/mol. The van der Waals surface area contributed by atoms with E-state index in [4.69, 9.17) is 9.94 Å². The first-order valence-electron chi connectivity index (χ1n) is 6.24. The molecule has 0 bridgehead atoms. The van der Waals surface area contributed by atoms with Crippen LogP contribution >= 0.6 is 11.8 Å². The highest BCUT2D eigenvalue weighted by atomic mass is 32.2. The van der Waals surface area contributed by atoms with E-state index in [1.54, 1.807) is 18.9 Å². The third-order valence-electron chi connectivity index (χ3n) is 3.17. The highest BCUT2D eigenvalue weighted by molar-refractivity contribution is 7.98. The molecule has 0 spiro atoms. The van der Waals surface area contributed by atoms with Gasteiger partial charge in [0, 0.05) is 10.8 Å². The van der Waals surface area contributed by atoms with Crippen LogP contribution in [0.5, 0.6) is 5.75 Å². The van der Waals surface area contributed by atoms with E-state index in [2.05, 4.69) is 29.4 Å². The number of hydrogen-bond donors (Lipinski definition) is 1. The van der Waals surface area contributed by atoms with E-state index in [-0.39, 0.29) is 5.92 Å². The van der Waals surface area contributed by atoms with Crippen molar-refractivity contribution in [3.05, 3.63) is 59.7 Å². The molecule has 0 saturated carbocycles. The van der Waals surface area contributed by atoms with Gasteiger partial charge in [0.1, 0.15) is 5.75 Å². The predicted octanol–water partition coefficient (Wildman–Crippen LogP) is 4.01. The summed E-state index contributed by atoms with van der Waals surface area (Å²) in [5.74, 6) is 0.744. The molecule has 1 N–H and O–H groups in total. The zero-order valence-corrected chi connectivity index (χ0v) is 12.3. The van der Waals surface area contributed by atoms with Crippen molar-refractivity contribution in [2.24, 2.45) is 5.16 Å². The van der Waals surface area contributed by atoms with Crippen molar-refractivity contribution in [1.82, 2.24) is 0 Å². The molecule has 0 radical (unpaired) electrons. The second kappa shape index (κ2) is 7.01. The summed E-state index contributed by atoms with van der Waals surface area (Å²) in [5.41, 5.74) is 2.14. The molecule has 1 atom stereocenters. The van der Waals surface area contributed by atoms with Gasteiger partial charge in [0.05, 0.1) is 13.3 Å². The topological polar surface area (TPSA) is 41.8 Å². The number of thioether (sulfide) groups is 1. The summed E-state index contributed by atoms with van der Waals surface area (Å²) in [6.07, 6.45) is 3.58. The van der Waals surface area contributed by atoms with Crippen LogP contribution in [-0.4, -0.2) is 24.8 Å². The Morgan fingerprint density at radius 2 is 1.60 bits per heavy atom. The molecule has 4 heteroatoms. The van der Waals surface area contributed by atoms with Crippen LogP contribution in [0.2, 0.25) is 0 Å². The Morgan fingerprint density at radius 1 is 1.05 bits per heavy atom. The molecule has 3 nitrogen and oxygen atoms in total. The molecule has 0 aliphatic rings. The molecule has 1 unspecified atom stereocenters. The van der Waals surface area contributed by atoms with Crippen molar-refractivity contribution in [1.29, 1.82) is 0 Å². The van der Waals surface area contributed by atoms with E-state index in [0.717, 1.165) is 16.9 Å². The van der Waals surface area contributed by atoms with E-state index < -0.39 is 0 Å². The van der Waals surface area contributed by atoms with Gasteiger partial charge in [-0.15, -0.1) is 16.9 Å². The summed E-state index contributed by atoms with van der Waals surface area (Å²) in [6, 6.07) is 16.0. The van der Waals surface area contributed by atoms with Gasteiger partial charge >= 0.3 is 0 Å². The Kier molecular flexibility index (Phi) is 5.07. The number of methoxy groups -OCH3 is 1. The maximum Gasteiger partial charge on any atom is 0.118 e. The van der Waals surface area contributed by atoms with Crippen LogP contribution in [0.25, 0.3) is 0 Å². The number of oxime groups is 1. The van der Waals surface area contributed by atoms with Crippen molar-refractivity contribution in [2.75, 3.05) is 13.4 Å². The molecule has 0 aliphatic heterocycles. The second-order valence-corrected chi connectivity index (χ2v) is 5.17. The molecule has 0 fully saturated rings. The lowest BCUT2D eigenvalue weighted by atomic mass is 9.92. The van der Waals surface area contributed by atoms with Gasteiger partial charge in [-0.2, -0.15) is 0 Å². The number of hydrogen-bond acceptors (Lipinski definition) is 4. The smallest absolute Gasteiger partial charge is 0.118 e. The quantitative estimate of drug-likeness (QED) is 0.391. The van der Waals surface area contributed by atoms with Gasteiger partial charge in [0.15, 0.2) is 0 Å². The van der Waals surface area contributed by atoms with Gasteiger partial charge in [-0.05, 0) is 41.6 Å². The van der Waals surface area contributed by atoms with Crippen molar-refractivity contribution in [2.45, 2.75) is 10.8 Å². The van der Waals surface area contributed by atoms with E-state index in [0.29, 0.717) is 0 Å². The largest absolute Gasteiger partial charge is 0.497 e. The highest BCUT2D eigenvalue weighted by Gasteiger charge is 2.12. The molecular formula is C16H17NO2S. The van der Waals surface area contributed by atoms with E-state index in [9.17, 15) is 0 Å². The van der Waals surface area contributed by atoms with Crippen molar-refractivity contribution >= 4 is 18.0 Å². The fourth-order valence-electron chi connectivity index (χ4n) is 2.05. The Bertz CT molecular complexity index is 517. The summed E-state index contributed by atoms with van der Waals surface area (Å²) in [7, 11) is 1.64. The molecule has 104 valence electrons. The Labute approximate surface area is 123 Å². The maximum atomic E-state index is 8.90. The zero-order valence-electron chi connectivity index (χ0n) is 11.5. The van der Waals surface area contributed by atoms with Crippen molar-refractivity contribution in [3.63, 3.8) is 0 Å². The number of ether oxygens (including phenoxy) is 1. The second-order valence-electron chi connectivity index (χ2n) is 4.29. The molecule has 2 rings (SSSR count). The van der Waals surface area contributed by atoms with Crippen LogP contribution in [0.15, 0.2) is 58.6 Å². The van der Waals surface area contributed by atoms with Gasteiger partial charge in [0.25, 0.3) is 0 Å². The summed E-state index contributed by atoms with van der Waals surface area (Å²) in [6.45, 7) is 0. The normalized spacial score (nSPS) is 12.5. The van der Waals surface area contributed by atoms with E-state index in [1.807, 2.05) is 30.5 Å². The fraction of sp³-hybridized carbons (Fsp3) is 0.188. The Hall–Kier alpha value is -1.94. The fourth-order valence-corrected chi connectivity index (χ4v) is 2.46. The average molecular weight is 287 g/mol. The van der Waals surface area contributed by atoms with Crippen molar-refractivity contribution in [3.8, 4) is 5.75 Å². The van der Waals surface area contributed by atoms with Crippen LogP contribution in [0.4, 0.5) is 0 Å². The standard InChI is InChI=1S/C16H17NO2S/c1-19-14-7-3-12(4-8-14)16(11-17-18)13-5-9-15(20-2)10-6-13/h3-11,16,18H,1-2H3. The van der Waals surface area contributed by atoms with Gasteiger partial charge in [0.2, 0.25) is 0 Å². The molecule has 0 aromatic heterocycles. The minimum Gasteiger partial charge on any atom is -0.497 e. The molecule has 0 aliphatic carbocycles. The first-order valence-corrected chi connectivity index (χ1v) is 7.46. The molecule has 2 aromatic carbocycles. The average Bonchev–Trinajstić information content (AvgIpc) is 2.53. The molecule has 0 saturated heterocycles. The summed E-state index contributed by atoms with van der Waals surface area (Å²) >= 11 is 1.70. The lowest BCUT2D eigenvalue weighted by Crippen LogP contribution is -2.02. The van der Waals surface area contributed by atoms with Crippen LogP contribution in [-0.2, 0) is 0 Å². The number of benzene rings is 2. The van der Waals surface area contributed by atoms with Gasteiger partial charge in [-0.1, -0.05) is 24.3 Å². The molecule has 0 amide bonds. The maximum absolute atomic E-state index is 8.90. The minimum absolute atomic E-state index is 0.0678. The third kappa shape index (κ3) is 3.33. The first-order chi connectivity index (χ1) is 9.78. The first kappa shape index (κ1) is 14.5. The van der Waals surface area contributed by atoms with Crippen LogP contribution in [0, 0.1) is 0 Å². The highest BCUT2D eigenvalue weighted by Crippen LogP contribution is 2.26. The van der Waals surface area contributed by atoms with E-state index >= 15 is 0 Å². The summed E-state index contributed by atoms with van der Waals surface area (Å²) < 4.78 is 5.16. The van der Waals surface area contributed by atoms with Gasteiger partial charge < -0.3 is 9.94 Å². The monoisotopic (exact) mass is 287 g/mol. The third-order valence-corrected chi connectivity index (χ3v) is 3.91. The SMILES string of the molecule is COc1ccc(C(C=NO)c2ccc(SC)cc2)cc1. The van der Waals surface area contributed by atoms with Crippen LogP contribution in [0.3, 0.4) is 0 Å². The van der Waals surface area contributed by atoms with E-state index in [1.165, 1.54) is 11.1 Å². The van der Waals surface area contributed by atoms with Gasteiger partial charge in [-0.25, -0.2) is 0 Å². The lowest BCUT2D eigenvalue weighted by molar-refractivity contribution is 0.320. The Balaban J connectivity index is 2.33. The Morgan fingerprint density at radius 3 is 2.05 bits per heavy atom. The number of rotatable bonds is 5. The van der Waals surface area contributed by atoms with Crippen LogP contribution < -0.4 is 4.74 Å². The minimum atomic E-state index is -0.0678. The van der Waals surface area contributed by atoms with Crippen molar-refractivity contribution < 1.29 is 9.94 Å². The molecular weight excluding hydrogens is 270 g/mol. The van der Waals surface area contributed by atoms with Crippen LogP contribution in [0.1, 0.15) is 17.0 Å². The number of nitrogens with zero attached hydrogens (tertiary/aromatic N) is 1. The summed E-state index contributed by atoms with van der Waals surface area (Å²) in [5, 5.41) is 12.1. The summed E-state index contributed by atoms with van der Waals surface area (Å²) in [4.78, 5) is 1.21. The molecule has 20 heavy (non-hydrogen) atoms. The molecule has 0 heterocycles. The lowest BCUT2D eigenvalue weighted by Gasteiger charge is -2.13. The molecule has 2 aromatic rings. The zero-order chi connectivity index (χ0) is 14.4.